The molecule has 1 aromatic heterocycles. The fourth-order valence-electron chi connectivity index (χ4n) is 2.03. The molecule has 0 unspecified atom stereocenters. The van der Waals surface area contributed by atoms with Crippen LogP contribution in [0.4, 0.5) is 4.79 Å². The molecule has 0 spiro atoms. The van der Waals surface area contributed by atoms with Gasteiger partial charge in [-0.05, 0) is 38.6 Å². The van der Waals surface area contributed by atoms with Crippen LogP contribution >= 0.6 is 11.3 Å². The van der Waals surface area contributed by atoms with Crippen LogP contribution in [0.2, 0.25) is 0 Å². The predicted molar refractivity (Wildman–Crippen MR) is 78.0 cm³/mol. The quantitative estimate of drug-likeness (QED) is 0.912. The Morgan fingerprint density at radius 2 is 2.20 bits per heavy atom. The summed E-state index contributed by atoms with van der Waals surface area (Å²) in [4.78, 5) is 26.2. The van der Waals surface area contributed by atoms with Gasteiger partial charge in [-0.25, -0.2) is 4.79 Å². The molecular formula is C14H20N2O3S. The van der Waals surface area contributed by atoms with Crippen molar-refractivity contribution in [2.24, 2.45) is 0 Å². The second-order valence-electron chi connectivity index (χ2n) is 5.86. The molecule has 0 saturated carbocycles. The number of amides is 2. The van der Waals surface area contributed by atoms with Crippen LogP contribution < -0.4 is 5.32 Å². The monoisotopic (exact) mass is 296 g/mol. The molecule has 20 heavy (non-hydrogen) atoms. The van der Waals surface area contributed by atoms with Gasteiger partial charge in [0.05, 0.1) is 4.88 Å². The van der Waals surface area contributed by atoms with Crippen LogP contribution in [0.25, 0.3) is 0 Å². The molecule has 1 aliphatic rings. The Morgan fingerprint density at radius 3 is 2.80 bits per heavy atom. The van der Waals surface area contributed by atoms with E-state index in [9.17, 15) is 9.59 Å². The summed E-state index contributed by atoms with van der Waals surface area (Å²) in [6.07, 6.45) is 0.446. The fraction of sp³-hybridized carbons (Fsp3) is 0.571. The van der Waals surface area contributed by atoms with Gasteiger partial charge < -0.3 is 15.0 Å². The minimum Gasteiger partial charge on any atom is -0.444 e. The van der Waals surface area contributed by atoms with Crippen LogP contribution in [0.15, 0.2) is 17.5 Å². The zero-order valence-corrected chi connectivity index (χ0v) is 12.8. The first kappa shape index (κ1) is 14.8. The van der Waals surface area contributed by atoms with Gasteiger partial charge in [-0.2, -0.15) is 0 Å². The Morgan fingerprint density at radius 1 is 1.45 bits per heavy atom. The number of hydrogen-bond donors (Lipinski definition) is 1. The Labute approximate surface area is 122 Å². The predicted octanol–water partition coefficient (Wildman–Crippen LogP) is 2.49. The molecule has 0 aromatic carbocycles. The van der Waals surface area contributed by atoms with E-state index in [1.807, 2.05) is 32.2 Å². The summed E-state index contributed by atoms with van der Waals surface area (Å²) in [6, 6.07) is 3.64. The molecule has 5 nitrogen and oxygen atoms in total. The van der Waals surface area contributed by atoms with Gasteiger partial charge in [0.2, 0.25) is 0 Å². The smallest absolute Gasteiger partial charge is 0.410 e. The van der Waals surface area contributed by atoms with Crippen LogP contribution in [0.3, 0.4) is 0 Å². The van der Waals surface area contributed by atoms with Gasteiger partial charge in [-0.1, -0.05) is 6.07 Å². The summed E-state index contributed by atoms with van der Waals surface area (Å²) in [5, 5.41) is 4.82. The van der Waals surface area contributed by atoms with Crippen LogP contribution in [-0.2, 0) is 4.74 Å². The highest BCUT2D eigenvalue weighted by Gasteiger charge is 2.30. The third-order valence-corrected chi connectivity index (χ3v) is 3.79. The minimum atomic E-state index is -0.491. The molecule has 2 rings (SSSR count). The van der Waals surface area contributed by atoms with Gasteiger partial charge >= 0.3 is 6.09 Å². The van der Waals surface area contributed by atoms with E-state index < -0.39 is 5.60 Å². The van der Waals surface area contributed by atoms with E-state index in [0.29, 0.717) is 18.0 Å². The average molecular weight is 296 g/mol. The van der Waals surface area contributed by atoms with E-state index in [0.717, 1.165) is 6.42 Å². The summed E-state index contributed by atoms with van der Waals surface area (Å²) in [6.45, 7) is 6.65. The van der Waals surface area contributed by atoms with Gasteiger partial charge in [0.25, 0.3) is 5.91 Å². The molecule has 6 heteroatoms. The van der Waals surface area contributed by atoms with Crippen molar-refractivity contribution in [1.82, 2.24) is 10.2 Å². The zero-order chi connectivity index (χ0) is 14.8. The summed E-state index contributed by atoms with van der Waals surface area (Å²) in [5.41, 5.74) is -0.491. The number of rotatable bonds is 2. The maximum absolute atomic E-state index is 11.9. The van der Waals surface area contributed by atoms with E-state index in [1.54, 1.807) is 11.0 Å². The van der Waals surface area contributed by atoms with Gasteiger partial charge in [-0.15, -0.1) is 11.3 Å². The van der Waals surface area contributed by atoms with Crippen molar-refractivity contribution in [3.05, 3.63) is 22.4 Å². The Hall–Kier alpha value is -1.56. The topological polar surface area (TPSA) is 58.6 Å². The molecule has 2 amide bonds. The second-order valence-corrected chi connectivity index (χ2v) is 6.81. The Kier molecular flexibility index (Phi) is 4.32. The maximum atomic E-state index is 11.9. The molecule has 110 valence electrons. The molecule has 0 bridgehead atoms. The van der Waals surface area contributed by atoms with Gasteiger partial charge in [0.1, 0.15) is 5.60 Å². The van der Waals surface area contributed by atoms with E-state index in [4.69, 9.17) is 4.74 Å². The highest BCUT2D eigenvalue weighted by molar-refractivity contribution is 7.12. The first-order valence-corrected chi connectivity index (χ1v) is 7.55. The first-order chi connectivity index (χ1) is 9.35. The number of ether oxygens (including phenoxy) is 1. The second kappa shape index (κ2) is 5.83. The van der Waals surface area contributed by atoms with Gasteiger partial charge in [0.15, 0.2) is 0 Å². The molecule has 1 fully saturated rings. The molecule has 1 aliphatic heterocycles. The highest BCUT2D eigenvalue weighted by atomic mass is 32.1. The van der Waals surface area contributed by atoms with Crippen molar-refractivity contribution in [3.8, 4) is 0 Å². The lowest BCUT2D eigenvalue weighted by atomic mass is 10.2. The summed E-state index contributed by atoms with van der Waals surface area (Å²) in [7, 11) is 0. The van der Waals surface area contributed by atoms with E-state index in [2.05, 4.69) is 5.32 Å². The molecule has 1 N–H and O–H groups in total. The summed E-state index contributed by atoms with van der Waals surface area (Å²) in [5.74, 6) is -0.0731. The third-order valence-electron chi connectivity index (χ3n) is 2.92. The molecule has 2 heterocycles. The largest absolute Gasteiger partial charge is 0.444 e. The lowest BCUT2D eigenvalue weighted by Gasteiger charge is -2.24. The van der Waals surface area contributed by atoms with Crippen molar-refractivity contribution >= 4 is 23.3 Å². The van der Waals surface area contributed by atoms with Gasteiger partial charge in [0, 0.05) is 19.1 Å². The van der Waals surface area contributed by atoms with Crippen LogP contribution in [-0.4, -0.2) is 41.6 Å². The van der Waals surface area contributed by atoms with E-state index in [-0.39, 0.29) is 18.0 Å². The first-order valence-electron chi connectivity index (χ1n) is 6.67. The summed E-state index contributed by atoms with van der Waals surface area (Å²) < 4.78 is 5.32. The fourth-order valence-corrected chi connectivity index (χ4v) is 2.66. The maximum Gasteiger partial charge on any atom is 0.410 e. The SMILES string of the molecule is CC(C)(C)OC(=O)N1CC[C@@H](NC(=O)c2cccs2)C1. The standard InChI is InChI=1S/C14H20N2O3S/c1-14(2,3)19-13(18)16-7-6-10(9-16)15-12(17)11-5-4-8-20-11/h4-5,8,10H,6-7,9H2,1-3H3,(H,15,17)/t10-/m1/s1. The molecule has 0 aliphatic carbocycles. The van der Waals surface area contributed by atoms with Crippen LogP contribution in [0.5, 0.6) is 0 Å². The third kappa shape index (κ3) is 3.96. The molecule has 1 aromatic rings. The van der Waals surface area contributed by atoms with Crippen molar-refractivity contribution in [2.45, 2.75) is 38.8 Å². The number of hydrogen-bond acceptors (Lipinski definition) is 4. The summed E-state index contributed by atoms with van der Waals surface area (Å²) >= 11 is 1.41. The normalized spacial score (nSPS) is 18.9. The zero-order valence-electron chi connectivity index (χ0n) is 12.0. The number of carbonyl (C=O) groups is 2. The average Bonchev–Trinajstić information content (AvgIpc) is 2.97. The van der Waals surface area contributed by atoms with Crippen molar-refractivity contribution < 1.29 is 14.3 Å². The molecular weight excluding hydrogens is 276 g/mol. The van der Waals surface area contributed by atoms with Crippen molar-refractivity contribution in [2.75, 3.05) is 13.1 Å². The van der Waals surface area contributed by atoms with Crippen LogP contribution in [0, 0.1) is 0 Å². The lowest BCUT2D eigenvalue weighted by Crippen LogP contribution is -2.40. The number of carbonyl (C=O) groups excluding carboxylic acids is 2. The van der Waals surface area contributed by atoms with Crippen molar-refractivity contribution in [1.29, 1.82) is 0 Å². The van der Waals surface area contributed by atoms with Gasteiger partial charge in [-0.3, -0.25) is 4.79 Å². The van der Waals surface area contributed by atoms with E-state index in [1.165, 1.54) is 11.3 Å². The number of nitrogens with one attached hydrogen (secondary N) is 1. The van der Waals surface area contributed by atoms with E-state index >= 15 is 0 Å². The van der Waals surface area contributed by atoms with Crippen molar-refractivity contribution in [3.63, 3.8) is 0 Å². The number of nitrogens with zero attached hydrogens (tertiary/aromatic N) is 1. The number of thiophene rings is 1. The Balaban J connectivity index is 1.83. The number of likely N-dealkylation sites (tertiary alicyclic amines) is 1. The lowest BCUT2D eigenvalue weighted by molar-refractivity contribution is 0.0290. The minimum absolute atomic E-state index is 0.00267. The highest BCUT2D eigenvalue weighted by Crippen LogP contribution is 2.16. The van der Waals surface area contributed by atoms with Crippen LogP contribution in [0.1, 0.15) is 36.9 Å². The molecule has 1 saturated heterocycles. The Bertz CT molecular complexity index is 479. The molecule has 0 radical (unpaired) electrons. The molecule has 1 atom stereocenters.